The number of hydrogen-bond donors (Lipinski definition) is 0. The first kappa shape index (κ1) is 31.8. The van der Waals surface area contributed by atoms with Crippen LogP contribution in [0.4, 0.5) is 0 Å². The molecule has 0 aromatic carbocycles. The van der Waals surface area contributed by atoms with Crippen molar-refractivity contribution in [2.75, 3.05) is 0 Å². The van der Waals surface area contributed by atoms with Gasteiger partial charge in [0.05, 0.1) is 0 Å². The number of hydrogen-bond acceptors (Lipinski definition) is 0. The Kier molecular flexibility index (Phi) is 29.6. The molecule has 0 fully saturated rings. The van der Waals surface area contributed by atoms with Gasteiger partial charge in [0.1, 0.15) is 0 Å². The van der Waals surface area contributed by atoms with E-state index in [1.54, 1.807) is 51.6 Å². The minimum atomic E-state index is -0.919. The molecule has 31 heavy (non-hydrogen) atoms. The average Bonchev–Trinajstić information content (AvgIpc) is 2.78. The van der Waals surface area contributed by atoms with E-state index in [4.69, 9.17) is 0 Å². The summed E-state index contributed by atoms with van der Waals surface area (Å²) in [5.41, 5.74) is 0. The summed E-state index contributed by atoms with van der Waals surface area (Å²) in [5.74, 6) is 0. The Morgan fingerprint density at radius 3 is 0.677 bits per heavy atom. The van der Waals surface area contributed by atoms with Crippen molar-refractivity contribution in [3.8, 4) is 0 Å². The van der Waals surface area contributed by atoms with Crippen molar-refractivity contribution < 1.29 is 0 Å². The second-order valence-electron chi connectivity index (χ2n) is 10.3. The molecule has 0 saturated heterocycles. The molecule has 0 aliphatic carbocycles. The summed E-state index contributed by atoms with van der Waals surface area (Å²) in [5, 5.41) is 0. The topological polar surface area (TPSA) is 0 Å². The second kappa shape index (κ2) is 28.9. The summed E-state index contributed by atoms with van der Waals surface area (Å²) in [4.78, 5) is 0. The summed E-state index contributed by atoms with van der Waals surface area (Å²) >= 11 is -0.919. The first-order valence-electron chi connectivity index (χ1n) is 15.1. The molecule has 0 N–H and O–H groups in total. The SMILES string of the molecule is CCCCCCCCC[CH2][Sb]([CH2]CCCCCCCCC)[CH2]CCCCCCCCC. The molecule has 1 heteroatoms. The van der Waals surface area contributed by atoms with E-state index in [0.29, 0.717) is 0 Å². The van der Waals surface area contributed by atoms with E-state index in [-0.39, 0.29) is 0 Å². The van der Waals surface area contributed by atoms with Crippen LogP contribution in [-0.2, 0) is 0 Å². The van der Waals surface area contributed by atoms with Gasteiger partial charge in [-0.2, -0.15) is 0 Å². The van der Waals surface area contributed by atoms with Gasteiger partial charge in [-0.05, 0) is 0 Å². The summed E-state index contributed by atoms with van der Waals surface area (Å²) in [6.07, 6.45) is 35.9. The van der Waals surface area contributed by atoms with Crippen LogP contribution in [0.15, 0.2) is 0 Å². The molecule has 0 aromatic rings. The van der Waals surface area contributed by atoms with Crippen LogP contribution in [0.5, 0.6) is 0 Å². The zero-order chi connectivity index (χ0) is 22.7. The molecule has 0 spiro atoms. The van der Waals surface area contributed by atoms with Crippen LogP contribution in [0.25, 0.3) is 0 Å². The fraction of sp³-hybridized carbons (Fsp3) is 1.00. The van der Waals surface area contributed by atoms with Crippen LogP contribution in [0, 0.1) is 0 Å². The molecule has 0 aliphatic heterocycles. The number of unbranched alkanes of at least 4 members (excludes halogenated alkanes) is 21. The molecule has 0 nitrogen and oxygen atoms in total. The van der Waals surface area contributed by atoms with Gasteiger partial charge in [0, 0.05) is 0 Å². The van der Waals surface area contributed by atoms with Crippen LogP contribution in [0.3, 0.4) is 0 Å². The quantitative estimate of drug-likeness (QED) is 0.0711. The molecule has 0 bridgehead atoms. The molecule has 0 aromatic heterocycles. The Morgan fingerprint density at radius 2 is 0.452 bits per heavy atom. The predicted octanol–water partition coefficient (Wildman–Crippen LogP) is 11.9. The molecule has 188 valence electrons. The van der Waals surface area contributed by atoms with Crippen LogP contribution in [0.2, 0.25) is 13.1 Å². The van der Waals surface area contributed by atoms with Crippen molar-refractivity contribution in [1.29, 1.82) is 0 Å². The molecule has 0 saturated carbocycles. The van der Waals surface area contributed by atoms with Crippen molar-refractivity contribution in [1.82, 2.24) is 0 Å². The van der Waals surface area contributed by atoms with Crippen LogP contribution >= 0.6 is 0 Å². The van der Waals surface area contributed by atoms with E-state index in [1.165, 1.54) is 116 Å². The van der Waals surface area contributed by atoms with Gasteiger partial charge in [0.25, 0.3) is 0 Å². The Hall–Kier alpha value is 0.818. The van der Waals surface area contributed by atoms with Gasteiger partial charge in [-0.15, -0.1) is 0 Å². The maximum absolute atomic E-state index is 2.32. The fourth-order valence-electron chi connectivity index (χ4n) is 4.74. The molecule has 0 radical (unpaired) electrons. The van der Waals surface area contributed by atoms with E-state index in [0.717, 1.165) is 0 Å². The molecule has 0 atom stereocenters. The standard InChI is InChI=1S/3C10H21.Sb/c3*1-3-5-7-9-10-8-6-4-2;/h3*1,3-10H2,2H3;. The van der Waals surface area contributed by atoms with Crippen molar-refractivity contribution in [2.24, 2.45) is 0 Å². The minimum absolute atomic E-state index is 0.919. The van der Waals surface area contributed by atoms with Crippen molar-refractivity contribution >= 4 is 20.2 Å². The normalized spacial score (nSPS) is 11.6. The maximum atomic E-state index is 2.32. The Bertz CT molecular complexity index is 253. The first-order chi connectivity index (χ1) is 15.3. The molecular formula is C30H63Sb. The fourth-order valence-corrected chi connectivity index (χ4v) is 12.4. The van der Waals surface area contributed by atoms with E-state index in [2.05, 4.69) is 20.8 Å². The third-order valence-corrected chi connectivity index (χ3v) is 15.1. The molecular weight excluding hydrogens is 482 g/mol. The monoisotopic (exact) mass is 544 g/mol. The van der Waals surface area contributed by atoms with Gasteiger partial charge < -0.3 is 0 Å². The van der Waals surface area contributed by atoms with E-state index >= 15 is 0 Å². The average molecular weight is 546 g/mol. The second-order valence-corrected chi connectivity index (χ2v) is 17.9. The summed E-state index contributed by atoms with van der Waals surface area (Å²) in [6.45, 7) is 6.97. The number of rotatable bonds is 27. The first-order valence-corrected chi connectivity index (χ1v) is 20.5. The zero-order valence-electron chi connectivity index (χ0n) is 22.5. The summed E-state index contributed by atoms with van der Waals surface area (Å²) in [7, 11) is 0. The Labute approximate surface area is 207 Å². The van der Waals surface area contributed by atoms with Crippen LogP contribution in [-0.4, -0.2) is 20.2 Å². The molecule has 0 amide bonds. The Morgan fingerprint density at radius 1 is 0.258 bits per heavy atom. The van der Waals surface area contributed by atoms with E-state index < -0.39 is 20.2 Å². The van der Waals surface area contributed by atoms with Crippen LogP contribution < -0.4 is 0 Å². The van der Waals surface area contributed by atoms with Crippen molar-refractivity contribution in [3.63, 3.8) is 0 Å². The van der Waals surface area contributed by atoms with E-state index in [9.17, 15) is 0 Å². The molecule has 0 unspecified atom stereocenters. The third kappa shape index (κ3) is 26.9. The molecule has 0 rings (SSSR count). The van der Waals surface area contributed by atoms with Gasteiger partial charge in [-0.25, -0.2) is 0 Å². The van der Waals surface area contributed by atoms with Crippen LogP contribution in [0.1, 0.15) is 175 Å². The Balaban J connectivity index is 3.82. The van der Waals surface area contributed by atoms with E-state index in [1.807, 2.05) is 0 Å². The van der Waals surface area contributed by atoms with Gasteiger partial charge in [0.15, 0.2) is 0 Å². The van der Waals surface area contributed by atoms with Gasteiger partial charge in [-0.3, -0.25) is 0 Å². The summed E-state index contributed by atoms with van der Waals surface area (Å²) in [6, 6.07) is 0. The van der Waals surface area contributed by atoms with Crippen molar-refractivity contribution in [3.05, 3.63) is 0 Å². The predicted molar refractivity (Wildman–Crippen MR) is 148 cm³/mol. The third-order valence-electron chi connectivity index (χ3n) is 6.98. The molecule has 0 aliphatic rings. The molecule has 0 heterocycles. The van der Waals surface area contributed by atoms with Crippen molar-refractivity contribution in [2.45, 2.75) is 188 Å². The van der Waals surface area contributed by atoms with Gasteiger partial charge in [0.2, 0.25) is 0 Å². The van der Waals surface area contributed by atoms with Gasteiger partial charge >= 0.3 is 208 Å². The zero-order valence-corrected chi connectivity index (χ0v) is 25.1. The van der Waals surface area contributed by atoms with Gasteiger partial charge in [-0.1, -0.05) is 0 Å². The summed E-state index contributed by atoms with van der Waals surface area (Å²) < 4.78 is 5.14.